The molecular formula is C14H16N4OS. The van der Waals surface area contributed by atoms with Crippen molar-refractivity contribution in [3.63, 3.8) is 0 Å². The largest absolute Gasteiger partial charge is 0.311 e. The van der Waals surface area contributed by atoms with Gasteiger partial charge in [0.05, 0.1) is 5.56 Å². The van der Waals surface area contributed by atoms with Crippen LogP contribution in [0.5, 0.6) is 0 Å². The Balaban J connectivity index is 2.26. The normalized spacial score (nSPS) is 10.3. The second-order valence-electron chi connectivity index (χ2n) is 4.32. The van der Waals surface area contributed by atoms with E-state index in [1.54, 1.807) is 16.9 Å². The Labute approximate surface area is 121 Å². The zero-order chi connectivity index (χ0) is 14.7. The first-order valence-corrected chi connectivity index (χ1v) is 7.29. The molecule has 0 saturated heterocycles. The average molecular weight is 288 g/mol. The van der Waals surface area contributed by atoms with Crippen molar-refractivity contribution < 1.29 is 4.79 Å². The molecule has 104 valence electrons. The summed E-state index contributed by atoms with van der Waals surface area (Å²) in [5.74, 6) is -0.280. The third-order valence-corrected chi connectivity index (χ3v) is 4.16. The maximum Gasteiger partial charge on any atom is 0.276 e. The molecule has 0 unspecified atom stereocenters. The van der Waals surface area contributed by atoms with Crippen LogP contribution in [-0.2, 0) is 13.0 Å². The van der Waals surface area contributed by atoms with Gasteiger partial charge < -0.3 is 5.32 Å². The smallest absolute Gasteiger partial charge is 0.276 e. The number of amides is 1. The molecule has 20 heavy (non-hydrogen) atoms. The molecular weight excluding hydrogens is 272 g/mol. The SMILES string of the molecule is CCc1c(C)sc(NC(=O)c2ccn(CC)n2)c1C#N. The standard InChI is InChI=1S/C14H16N4OS/c1-4-10-9(3)20-14(11(10)8-15)16-13(19)12-6-7-18(5-2)17-12/h6-7H,4-5H2,1-3H3,(H,16,19). The molecule has 2 aromatic heterocycles. The van der Waals surface area contributed by atoms with E-state index in [1.165, 1.54) is 11.3 Å². The fourth-order valence-corrected chi connectivity index (χ4v) is 3.13. The number of aromatic nitrogens is 2. The van der Waals surface area contributed by atoms with Crippen molar-refractivity contribution in [1.82, 2.24) is 9.78 Å². The first-order chi connectivity index (χ1) is 9.60. The van der Waals surface area contributed by atoms with E-state index >= 15 is 0 Å². The lowest BCUT2D eigenvalue weighted by atomic mass is 10.1. The topological polar surface area (TPSA) is 70.7 Å². The first-order valence-electron chi connectivity index (χ1n) is 6.47. The molecule has 0 aromatic carbocycles. The highest BCUT2D eigenvalue weighted by atomic mass is 32.1. The lowest BCUT2D eigenvalue weighted by molar-refractivity contribution is 0.102. The van der Waals surface area contributed by atoms with Gasteiger partial charge in [0, 0.05) is 17.6 Å². The average Bonchev–Trinajstić information content (AvgIpc) is 3.02. The monoisotopic (exact) mass is 288 g/mol. The minimum absolute atomic E-state index is 0.280. The fourth-order valence-electron chi connectivity index (χ4n) is 2.04. The van der Waals surface area contributed by atoms with Gasteiger partial charge in [-0.25, -0.2) is 0 Å². The number of nitriles is 1. The summed E-state index contributed by atoms with van der Waals surface area (Å²) in [7, 11) is 0. The van der Waals surface area contributed by atoms with Crippen LogP contribution in [0.25, 0.3) is 0 Å². The number of thiophene rings is 1. The number of carbonyl (C=O) groups excluding carboxylic acids is 1. The Bertz CT molecular complexity index is 678. The van der Waals surface area contributed by atoms with Gasteiger partial charge >= 0.3 is 0 Å². The van der Waals surface area contributed by atoms with E-state index in [-0.39, 0.29) is 5.91 Å². The summed E-state index contributed by atoms with van der Waals surface area (Å²) in [6, 6.07) is 3.85. The van der Waals surface area contributed by atoms with Crippen LogP contribution in [0.1, 0.15) is 40.3 Å². The Morgan fingerprint density at radius 3 is 2.85 bits per heavy atom. The van der Waals surface area contributed by atoms with Crippen LogP contribution in [0.3, 0.4) is 0 Å². The van der Waals surface area contributed by atoms with Crippen LogP contribution >= 0.6 is 11.3 Å². The van der Waals surface area contributed by atoms with Crippen LogP contribution in [0.15, 0.2) is 12.3 Å². The van der Waals surface area contributed by atoms with Crippen LogP contribution in [0.2, 0.25) is 0 Å². The maximum absolute atomic E-state index is 12.1. The van der Waals surface area contributed by atoms with E-state index in [9.17, 15) is 10.1 Å². The molecule has 2 rings (SSSR count). The van der Waals surface area contributed by atoms with E-state index in [2.05, 4.69) is 16.5 Å². The Kier molecular flexibility index (Phi) is 4.20. The number of carbonyl (C=O) groups is 1. The minimum Gasteiger partial charge on any atom is -0.311 e. The Hall–Kier alpha value is -2.13. The number of anilines is 1. The van der Waals surface area contributed by atoms with Crippen molar-refractivity contribution in [3.8, 4) is 6.07 Å². The summed E-state index contributed by atoms with van der Waals surface area (Å²) < 4.78 is 1.69. The van der Waals surface area contributed by atoms with Crippen molar-refractivity contribution in [2.24, 2.45) is 0 Å². The second kappa shape index (κ2) is 5.88. The van der Waals surface area contributed by atoms with Gasteiger partial charge in [-0.3, -0.25) is 9.48 Å². The highest BCUT2D eigenvalue weighted by Crippen LogP contribution is 2.32. The van der Waals surface area contributed by atoms with Gasteiger partial charge in [-0.05, 0) is 31.9 Å². The molecule has 0 aliphatic carbocycles. The van der Waals surface area contributed by atoms with Crippen molar-refractivity contribution in [1.29, 1.82) is 5.26 Å². The van der Waals surface area contributed by atoms with E-state index < -0.39 is 0 Å². The molecule has 1 N–H and O–H groups in total. The van der Waals surface area contributed by atoms with E-state index in [1.807, 2.05) is 20.8 Å². The quantitative estimate of drug-likeness (QED) is 0.940. The van der Waals surface area contributed by atoms with Crippen molar-refractivity contribution in [2.45, 2.75) is 33.7 Å². The summed E-state index contributed by atoms with van der Waals surface area (Å²) in [6.07, 6.45) is 2.54. The number of aryl methyl sites for hydroxylation is 2. The summed E-state index contributed by atoms with van der Waals surface area (Å²) in [6.45, 7) is 6.64. The fraction of sp³-hybridized carbons (Fsp3) is 0.357. The predicted octanol–water partition coefficient (Wildman–Crippen LogP) is 2.96. The molecule has 6 heteroatoms. The lowest BCUT2D eigenvalue weighted by Crippen LogP contribution is -2.13. The van der Waals surface area contributed by atoms with Gasteiger partial charge in [0.15, 0.2) is 5.69 Å². The van der Waals surface area contributed by atoms with E-state index in [4.69, 9.17) is 0 Å². The molecule has 0 bridgehead atoms. The molecule has 0 aliphatic heterocycles. The molecule has 0 atom stereocenters. The lowest BCUT2D eigenvalue weighted by Gasteiger charge is -2.01. The summed E-state index contributed by atoms with van der Waals surface area (Å²) in [5.41, 5.74) is 1.94. The third kappa shape index (κ3) is 2.58. The second-order valence-corrected chi connectivity index (χ2v) is 5.54. The van der Waals surface area contributed by atoms with Gasteiger partial charge in [-0.1, -0.05) is 6.92 Å². The minimum atomic E-state index is -0.280. The highest BCUT2D eigenvalue weighted by molar-refractivity contribution is 7.16. The molecule has 0 saturated carbocycles. The molecule has 1 amide bonds. The number of hydrogen-bond donors (Lipinski definition) is 1. The molecule has 2 aromatic rings. The van der Waals surface area contributed by atoms with E-state index in [0.29, 0.717) is 16.3 Å². The summed E-state index contributed by atoms with van der Waals surface area (Å²) in [4.78, 5) is 13.2. The molecule has 0 fully saturated rings. The van der Waals surface area contributed by atoms with Gasteiger partial charge in [-0.15, -0.1) is 11.3 Å². The number of hydrogen-bond acceptors (Lipinski definition) is 4. The van der Waals surface area contributed by atoms with Crippen molar-refractivity contribution in [3.05, 3.63) is 34.0 Å². The maximum atomic E-state index is 12.1. The zero-order valence-corrected chi connectivity index (χ0v) is 12.5. The summed E-state index contributed by atoms with van der Waals surface area (Å²) in [5, 5.41) is 16.8. The van der Waals surface area contributed by atoms with Crippen LogP contribution in [0.4, 0.5) is 5.00 Å². The zero-order valence-electron chi connectivity index (χ0n) is 11.7. The summed E-state index contributed by atoms with van der Waals surface area (Å²) >= 11 is 1.44. The van der Waals surface area contributed by atoms with Crippen LogP contribution < -0.4 is 5.32 Å². The number of rotatable bonds is 4. The van der Waals surface area contributed by atoms with Gasteiger partial charge in [0.1, 0.15) is 11.1 Å². The number of nitrogens with one attached hydrogen (secondary N) is 1. The molecule has 5 nitrogen and oxygen atoms in total. The predicted molar refractivity (Wildman–Crippen MR) is 79.0 cm³/mol. The Morgan fingerprint density at radius 1 is 1.55 bits per heavy atom. The van der Waals surface area contributed by atoms with E-state index in [0.717, 1.165) is 23.4 Å². The number of nitrogens with zero attached hydrogens (tertiary/aromatic N) is 3. The van der Waals surface area contributed by atoms with Crippen molar-refractivity contribution >= 4 is 22.2 Å². The van der Waals surface area contributed by atoms with Crippen molar-refractivity contribution in [2.75, 3.05) is 5.32 Å². The molecule has 2 heterocycles. The van der Waals surface area contributed by atoms with Crippen LogP contribution in [0, 0.1) is 18.3 Å². The Morgan fingerprint density at radius 2 is 2.30 bits per heavy atom. The first kappa shape index (κ1) is 14.3. The molecule has 0 spiro atoms. The molecule has 0 aliphatic rings. The highest BCUT2D eigenvalue weighted by Gasteiger charge is 2.18. The van der Waals surface area contributed by atoms with Gasteiger partial charge in [0.2, 0.25) is 0 Å². The third-order valence-electron chi connectivity index (χ3n) is 3.10. The van der Waals surface area contributed by atoms with Crippen LogP contribution in [-0.4, -0.2) is 15.7 Å². The van der Waals surface area contributed by atoms with Gasteiger partial charge in [0.25, 0.3) is 5.91 Å². The van der Waals surface area contributed by atoms with Gasteiger partial charge in [-0.2, -0.15) is 10.4 Å². The molecule has 0 radical (unpaired) electrons.